The van der Waals surface area contributed by atoms with Crippen molar-refractivity contribution in [2.45, 2.75) is 38.6 Å². The van der Waals surface area contributed by atoms with E-state index >= 15 is 0 Å². The Labute approximate surface area is 228 Å². The van der Waals surface area contributed by atoms with Gasteiger partial charge in [0.2, 0.25) is 0 Å². The molecule has 0 spiro atoms. The fourth-order valence-corrected chi connectivity index (χ4v) is 3.11. The summed E-state index contributed by atoms with van der Waals surface area (Å²) in [5, 5.41) is 29.7. The first kappa shape index (κ1) is 36.4. The highest BCUT2D eigenvalue weighted by Gasteiger charge is 2.28. The number of nitrogens with one attached hydrogen (secondary N) is 1. The van der Waals surface area contributed by atoms with Gasteiger partial charge >= 0.3 is 24.0 Å². The quantitative estimate of drug-likeness (QED) is 0.0939. The maximum absolute atomic E-state index is 11.7. The molecule has 0 aliphatic heterocycles. The Bertz CT molecular complexity index is 650. The lowest BCUT2D eigenvalue weighted by molar-refractivity contribution is -0.149. The molecule has 1 atom stereocenters. The van der Waals surface area contributed by atoms with Crippen molar-refractivity contribution in [3.05, 3.63) is 0 Å². The first-order valence-electron chi connectivity index (χ1n) is 13.0. The van der Waals surface area contributed by atoms with Crippen molar-refractivity contribution < 1.29 is 62.9 Å². The van der Waals surface area contributed by atoms with E-state index in [4.69, 9.17) is 38.6 Å². The van der Waals surface area contributed by atoms with Gasteiger partial charge in [0.15, 0.2) is 0 Å². The summed E-state index contributed by atoms with van der Waals surface area (Å²) < 4.78 is 31.7. The van der Waals surface area contributed by atoms with Gasteiger partial charge in [0.25, 0.3) is 0 Å². The van der Waals surface area contributed by atoms with Gasteiger partial charge in [0, 0.05) is 13.2 Å². The van der Waals surface area contributed by atoms with Crippen LogP contribution >= 0.6 is 0 Å². The van der Waals surface area contributed by atoms with Crippen molar-refractivity contribution in [2.75, 3.05) is 92.3 Å². The van der Waals surface area contributed by atoms with Gasteiger partial charge in [0.05, 0.1) is 72.6 Å². The maximum atomic E-state index is 11.7. The number of nitrogens with zero attached hydrogens (tertiary/aromatic N) is 1. The molecule has 0 radical (unpaired) electrons. The molecule has 0 aliphatic carbocycles. The van der Waals surface area contributed by atoms with Crippen LogP contribution in [0.5, 0.6) is 0 Å². The number of carboxylic acid groups (broad SMARTS) is 3. The molecular formula is C24H44N2O13. The second kappa shape index (κ2) is 25.7. The largest absolute Gasteiger partial charge is 0.480 e. The second-order valence-corrected chi connectivity index (χ2v) is 8.17. The molecular weight excluding hydrogens is 524 g/mol. The Kier molecular flexibility index (Phi) is 24.0. The van der Waals surface area contributed by atoms with Crippen LogP contribution < -0.4 is 5.32 Å². The van der Waals surface area contributed by atoms with Crippen molar-refractivity contribution in [2.24, 2.45) is 0 Å². The zero-order chi connectivity index (χ0) is 29.1. The van der Waals surface area contributed by atoms with E-state index in [1.807, 2.05) is 6.92 Å². The summed E-state index contributed by atoms with van der Waals surface area (Å²) in [5.74, 6) is -3.96. The summed E-state index contributed by atoms with van der Waals surface area (Å²) in [7, 11) is 0. The average Bonchev–Trinajstić information content (AvgIpc) is 2.86. The van der Waals surface area contributed by atoms with Crippen LogP contribution in [0.2, 0.25) is 0 Å². The minimum atomic E-state index is -1.32. The van der Waals surface area contributed by atoms with E-state index in [1.54, 1.807) is 0 Å². The number of carbonyl (C=O) groups is 4. The average molecular weight is 569 g/mol. The molecule has 0 aromatic rings. The van der Waals surface area contributed by atoms with E-state index in [0.717, 1.165) is 17.9 Å². The van der Waals surface area contributed by atoms with Crippen molar-refractivity contribution in [3.63, 3.8) is 0 Å². The number of carbonyl (C=O) groups excluding carboxylic acids is 1. The van der Waals surface area contributed by atoms with Crippen LogP contribution in [0, 0.1) is 0 Å². The number of hydrogen-bond acceptors (Lipinski definition) is 11. The van der Waals surface area contributed by atoms with E-state index in [9.17, 15) is 24.3 Å². The van der Waals surface area contributed by atoms with Gasteiger partial charge < -0.3 is 49.1 Å². The van der Waals surface area contributed by atoms with E-state index in [-0.39, 0.29) is 26.2 Å². The standard InChI is InChI=1S/C24H44N2O13/c1-2-7-34-8-9-35-10-11-36-12-13-37-14-15-38-16-17-39-24(33)25-6-4-3-5-20(23(31)32)26(18-21(27)28)19-22(29)30/h20H,2-19H2,1H3,(H,25,33)(H,27,28)(H,29,30)(H,31,32). The summed E-state index contributed by atoms with van der Waals surface area (Å²) in [4.78, 5) is 45.9. The van der Waals surface area contributed by atoms with Crippen LogP contribution in [-0.4, -0.2) is 143 Å². The van der Waals surface area contributed by atoms with Gasteiger partial charge in [-0.1, -0.05) is 6.92 Å². The molecule has 0 saturated carbocycles. The molecule has 0 fully saturated rings. The minimum Gasteiger partial charge on any atom is -0.480 e. The molecule has 228 valence electrons. The topological polar surface area (TPSA) is 200 Å². The fourth-order valence-electron chi connectivity index (χ4n) is 3.11. The first-order chi connectivity index (χ1) is 18.8. The van der Waals surface area contributed by atoms with Crippen LogP contribution in [0.25, 0.3) is 0 Å². The predicted octanol–water partition coefficient (Wildman–Crippen LogP) is 0.300. The lowest BCUT2D eigenvalue weighted by Gasteiger charge is -2.25. The molecule has 1 amide bonds. The number of hydrogen-bond donors (Lipinski definition) is 4. The molecule has 15 nitrogen and oxygen atoms in total. The molecule has 0 bridgehead atoms. The lowest BCUT2D eigenvalue weighted by atomic mass is 10.1. The second-order valence-electron chi connectivity index (χ2n) is 8.17. The monoisotopic (exact) mass is 568 g/mol. The van der Waals surface area contributed by atoms with E-state index in [0.29, 0.717) is 65.7 Å². The van der Waals surface area contributed by atoms with E-state index in [2.05, 4.69) is 5.32 Å². The third-order valence-electron chi connectivity index (χ3n) is 4.87. The van der Waals surface area contributed by atoms with Gasteiger partial charge in [-0.2, -0.15) is 0 Å². The number of rotatable bonds is 28. The number of unbranched alkanes of at least 4 members (excludes halogenated alkanes) is 1. The van der Waals surface area contributed by atoms with Crippen LogP contribution in [0.1, 0.15) is 32.6 Å². The lowest BCUT2D eigenvalue weighted by Crippen LogP contribution is -2.46. The molecule has 0 aromatic carbocycles. The van der Waals surface area contributed by atoms with Crippen molar-refractivity contribution in [1.82, 2.24) is 10.2 Å². The molecule has 0 rings (SSSR count). The molecule has 0 saturated heterocycles. The molecule has 15 heteroatoms. The van der Waals surface area contributed by atoms with Gasteiger partial charge in [-0.15, -0.1) is 0 Å². The Morgan fingerprint density at radius 3 is 1.51 bits per heavy atom. The molecule has 0 aliphatic rings. The number of carboxylic acids is 3. The van der Waals surface area contributed by atoms with Crippen LogP contribution in [0.3, 0.4) is 0 Å². The van der Waals surface area contributed by atoms with Crippen LogP contribution in [-0.2, 0) is 42.8 Å². The number of alkyl carbamates (subject to hydrolysis) is 1. The van der Waals surface area contributed by atoms with Crippen molar-refractivity contribution in [1.29, 1.82) is 0 Å². The number of aliphatic carboxylic acids is 3. The molecule has 4 N–H and O–H groups in total. The molecule has 0 heterocycles. The Morgan fingerprint density at radius 1 is 0.667 bits per heavy atom. The van der Waals surface area contributed by atoms with Gasteiger partial charge in [0.1, 0.15) is 12.6 Å². The fraction of sp³-hybridized carbons (Fsp3) is 0.833. The van der Waals surface area contributed by atoms with Gasteiger partial charge in [-0.05, 0) is 25.7 Å². The Morgan fingerprint density at radius 2 is 1.10 bits per heavy atom. The van der Waals surface area contributed by atoms with Crippen molar-refractivity contribution >= 4 is 24.0 Å². The van der Waals surface area contributed by atoms with Gasteiger partial charge in [-0.3, -0.25) is 19.3 Å². The molecule has 0 aromatic heterocycles. The third-order valence-corrected chi connectivity index (χ3v) is 4.87. The normalized spacial score (nSPS) is 11.8. The summed E-state index contributed by atoms with van der Waals surface area (Å²) in [6.07, 6.45) is 1.08. The highest BCUT2D eigenvalue weighted by molar-refractivity contribution is 5.78. The first-order valence-corrected chi connectivity index (χ1v) is 13.0. The zero-order valence-corrected chi connectivity index (χ0v) is 22.7. The summed E-state index contributed by atoms with van der Waals surface area (Å²) in [6, 6.07) is -1.27. The predicted molar refractivity (Wildman–Crippen MR) is 136 cm³/mol. The molecule has 1 unspecified atom stereocenters. The highest BCUT2D eigenvalue weighted by atomic mass is 16.6. The number of amides is 1. The Hall–Kier alpha value is -2.56. The third kappa shape index (κ3) is 24.2. The van der Waals surface area contributed by atoms with E-state index < -0.39 is 43.1 Å². The van der Waals surface area contributed by atoms with Gasteiger partial charge in [-0.25, -0.2) is 4.79 Å². The summed E-state index contributed by atoms with van der Waals surface area (Å²) >= 11 is 0. The van der Waals surface area contributed by atoms with Crippen LogP contribution in [0.15, 0.2) is 0 Å². The summed E-state index contributed by atoms with van der Waals surface area (Å²) in [5.41, 5.74) is 0. The minimum absolute atomic E-state index is 0.0259. The van der Waals surface area contributed by atoms with E-state index in [1.165, 1.54) is 0 Å². The smallest absolute Gasteiger partial charge is 0.407 e. The molecule has 39 heavy (non-hydrogen) atoms. The zero-order valence-electron chi connectivity index (χ0n) is 22.7. The highest BCUT2D eigenvalue weighted by Crippen LogP contribution is 2.09. The summed E-state index contributed by atoms with van der Waals surface area (Å²) in [6.45, 7) is 5.49. The Balaban J connectivity index is 3.65. The number of ether oxygens (including phenoxy) is 6. The van der Waals surface area contributed by atoms with Crippen LogP contribution in [0.4, 0.5) is 4.79 Å². The van der Waals surface area contributed by atoms with Crippen molar-refractivity contribution in [3.8, 4) is 0 Å². The SMILES string of the molecule is CCCOCCOCCOCCOCCOCCOC(=O)NCCCCC(C(=O)O)N(CC(=O)O)CC(=O)O. The maximum Gasteiger partial charge on any atom is 0.407 e.